The molecule has 0 saturated carbocycles. The molecule has 0 spiro atoms. The highest BCUT2D eigenvalue weighted by molar-refractivity contribution is 5.79. The Hall–Kier alpha value is -2.47. The molecule has 2 aromatic rings. The molecule has 0 heterocycles. The van der Waals surface area contributed by atoms with E-state index in [-0.39, 0.29) is 30.7 Å². The molecule has 6 heteroatoms. The van der Waals surface area contributed by atoms with E-state index >= 15 is 0 Å². The van der Waals surface area contributed by atoms with Crippen molar-refractivity contribution in [2.75, 3.05) is 6.61 Å². The largest absolute Gasteiger partial charge is 0.435 e. The molecule has 1 unspecified atom stereocenters. The summed E-state index contributed by atoms with van der Waals surface area (Å²) in [6.07, 6.45) is 0.528. The van der Waals surface area contributed by atoms with Crippen molar-refractivity contribution in [2.45, 2.75) is 25.5 Å². The Morgan fingerprint density at radius 3 is 2.33 bits per heavy atom. The number of hydrogen-bond donors (Lipinski definition) is 2. The summed E-state index contributed by atoms with van der Waals surface area (Å²) in [5, 5.41) is 12.1. The second-order valence-electron chi connectivity index (χ2n) is 5.24. The quantitative estimate of drug-likeness (QED) is 0.779. The minimum absolute atomic E-state index is 0.0422. The molecule has 0 aromatic heterocycles. The first-order chi connectivity index (χ1) is 11.6. The average molecular weight is 335 g/mol. The maximum atomic E-state index is 12.2. The van der Waals surface area contributed by atoms with Crippen LogP contribution in [0.3, 0.4) is 0 Å². The van der Waals surface area contributed by atoms with E-state index in [4.69, 9.17) is 0 Å². The van der Waals surface area contributed by atoms with Gasteiger partial charge in [0.25, 0.3) is 0 Å². The predicted molar refractivity (Wildman–Crippen MR) is 85.8 cm³/mol. The number of aliphatic hydroxyl groups excluding tert-OH is 1. The lowest BCUT2D eigenvalue weighted by atomic mass is 10.0. The van der Waals surface area contributed by atoms with E-state index in [2.05, 4.69) is 10.1 Å². The highest BCUT2D eigenvalue weighted by Crippen LogP contribution is 2.18. The summed E-state index contributed by atoms with van der Waals surface area (Å²) < 4.78 is 28.5. The van der Waals surface area contributed by atoms with Crippen LogP contribution in [0, 0.1) is 0 Å². The van der Waals surface area contributed by atoms with Crippen LogP contribution in [0.1, 0.15) is 23.6 Å². The Labute approximate surface area is 139 Å². The molecule has 1 amide bonds. The van der Waals surface area contributed by atoms with Crippen LogP contribution in [-0.2, 0) is 11.2 Å². The minimum atomic E-state index is -2.87. The lowest BCUT2D eigenvalue weighted by Gasteiger charge is -2.18. The zero-order chi connectivity index (χ0) is 17.4. The van der Waals surface area contributed by atoms with Gasteiger partial charge in [0.2, 0.25) is 5.91 Å². The van der Waals surface area contributed by atoms with Crippen LogP contribution in [0.4, 0.5) is 8.78 Å². The number of hydrogen-bond acceptors (Lipinski definition) is 3. The van der Waals surface area contributed by atoms with Gasteiger partial charge in [-0.25, -0.2) is 0 Å². The lowest BCUT2D eigenvalue weighted by Crippen LogP contribution is -2.30. The van der Waals surface area contributed by atoms with E-state index in [0.717, 1.165) is 5.56 Å². The first-order valence-corrected chi connectivity index (χ1v) is 7.57. The number of amides is 1. The van der Waals surface area contributed by atoms with Gasteiger partial charge in [-0.05, 0) is 29.7 Å². The average Bonchev–Trinajstić information content (AvgIpc) is 2.56. The number of alkyl halides is 2. The Bertz CT molecular complexity index is 632. The predicted octanol–water partition coefficient (Wildman–Crippen LogP) is 3.07. The number of carbonyl (C=O) groups excluding carboxylic acids is 1. The number of aliphatic hydroxyl groups is 1. The topological polar surface area (TPSA) is 58.6 Å². The first kappa shape index (κ1) is 17.9. The summed E-state index contributed by atoms with van der Waals surface area (Å²) in [5.41, 5.74) is 1.60. The summed E-state index contributed by atoms with van der Waals surface area (Å²) in [6.45, 7) is -2.91. The van der Waals surface area contributed by atoms with E-state index in [0.29, 0.717) is 12.0 Å². The molecular formula is C18H19F2NO3. The van der Waals surface area contributed by atoms with Gasteiger partial charge in [0.1, 0.15) is 5.75 Å². The highest BCUT2D eigenvalue weighted by atomic mass is 19.3. The molecule has 2 rings (SSSR count). The number of rotatable bonds is 8. The molecule has 0 aliphatic heterocycles. The van der Waals surface area contributed by atoms with Crippen molar-refractivity contribution >= 4 is 5.91 Å². The van der Waals surface area contributed by atoms with Gasteiger partial charge in [-0.15, -0.1) is 0 Å². The summed E-state index contributed by atoms with van der Waals surface area (Å²) in [4.78, 5) is 12.2. The van der Waals surface area contributed by atoms with E-state index < -0.39 is 6.61 Å². The molecule has 24 heavy (non-hydrogen) atoms. The van der Waals surface area contributed by atoms with E-state index in [1.54, 1.807) is 12.1 Å². The maximum absolute atomic E-state index is 12.2. The number of nitrogens with one attached hydrogen (secondary N) is 1. The van der Waals surface area contributed by atoms with E-state index in [1.807, 2.05) is 30.3 Å². The monoisotopic (exact) mass is 335 g/mol. The molecule has 128 valence electrons. The van der Waals surface area contributed by atoms with Gasteiger partial charge >= 0.3 is 6.61 Å². The molecule has 0 radical (unpaired) electrons. The van der Waals surface area contributed by atoms with Crippen LogP contribution in [0.25, 0.3) is 0 Å². The van der Waals surface area contributed by atoms with Crippen LogP contribution in [0.15, 0.2) is 54.6 Å². The third-order valence-corrected chi connectivity index (χ3v) is 3.47. The molecule has 2 aromatic carbocycles. The standard InChI is InChI=1S/C18H19F2NO3/c19-18(20)24-15-8-6-13(7-9-15)12-17(23)21-16(10-11-22)14-4-2-1-3-5-14/h1-9,16,18,22H,10-12H2,(H,21,23). The van der Waals surface area contributed by atoms with Crippen molar-refractivity contribution in [3.05, 3.63) is 65.7 Å². The molecule has 4 nitrogen and oxygen atoms in total. The number of ether oxygens (including phenoxy) is 1. The van der Waals surface area contributed by atoms with Gasteiger partial charge in [-0.1, -0.05) is 42.5 Å². The summed E-state index contributed by atoms with van der Waals surface area (Å²) in [5.74, 6) is -0.156. The summed E-state index contributed by atoms with van der Waals surface area (Å²) in [7, 11) is 0. The Morgan fingerprint density at radius 2 is 1.75 bits per heavy atom. The normalized spacial score (nSPS) is 12.0. The number of benzene rings is 2. The Balaban J connectivity index is 1.95. The highest BCUT2D eigenvalue weighted by Gasteiger charge is 2.14. The lowest BCUT2D eigenvalue weighted by molar-refractivity contribution is -0.121. The Kier molecular flexibility index (Phi) is 6.69. The molecule has 0 saturated heterocycles. The molecule has 2 N–H and O–H groups in total. The van der Waals surface area contributed by atoms with Gasteiger partial charge in [-0.3, -0.25) is 4.79 Å². The van der Waals surface area contributed by atoms with Crippen LogP contribution in [0.2, 0.25) is 0 Å². The summed E-state index contributed by atoms with van der Waals surface area (Å²) in [6, 6.07) is 15.1. The van der Waals surface area contributed by atoms with Crippen LogP contribution in [-0.4, -0.2) is 24.2 Å². The van der Waals surface area contributed by atoms with Gasteiger partial charge in [0.05, 0.1) is 12.5 Å². The van der Waals surface area contributed by atoms with Gasteiger partial charge in [-0.2, -0.15) is 8.78 Å². The van der Waals surface area contributed by atoms with Crippen molar-refractivity contribution in [2.24, 2.45) is 0 Å². The Morgan fingerprint density at radius 1 is 1.08 bits per heavy atom. The fourth-order valence-corrected chi connectivity index (χ4v) is 2.36. The molecule has 0 fully saturated rings. The molecule has 0 bridgehead atoms. The van der Waals surface area contributed by atoms with Crippen molar-refractivity contribution in [1.82, 2.24) is 5.32 Å². The zero-order valence-corrected chi connectivity index (χ0v) is 13.0. The molecule has 0 aliphatic carbocycles. The van der Waals surface area contributed by atoms with Crippen LogP contribution < -0.4 is 10.1 Å². The third kappa shape index (κ3) is 5.62. The fraction of sp³-hybridized carbons (Fsp3) is 0.278. The van der Waals surface area contributed by atoms with Crippen molar-refractivity contribution < 1.29 is 23.4 Å². The molecule has 0 aliphatic rings. The van der Waals surface area contributed by atoms with Crippen molar-refractivity contribution in [3.8, 4) is 5.75 Å². The van der Waals surface area contributed by atoms with Gasteiger partial charge in [0, 0.05) is 6.61 Å². The van der Waals surface area contributed by atoms with Crippen molar-refractivity contribution in [3.63, 3.8) is 0 Å². The first-order valence-electron chi connectivity index (χ1n) is 7.57. The fourth-order valence-electron chi connectivity index (χ4n) is 2.36. The van der Waals surface area contributed by atoms with E-state index in [1.165, 1.54) is 12.1 Å². The smallest absolute Gasteiger partial charge is 0.387 e. The third-order valence-electron chi connectivity index (χ3n) is 3.47. The minimum Gasteiger partial charge on any atom is -0.435 e. The second-order valence-corrected chi connectivity index (χ2v) is 5.24. The van der Waals surface area contributed by atoms with Crippen LogP contribution in [0.5, 0.6) is 5.75 Å². The van der Waals surface area contributed by atoms with Crippen molar-refractivity contribution in [1.29, 1.82) is 0 Å². The molecular weight excluding hydrogens is 316 g/mol. The van der Waals surface area contributed by atoms with Crippen LogP contribution >= 0.6 is 0 Å². The van der Waals surface area contributed by atoms with Gasteiger partial charge < -0.3 is 15.2 Å². The number of halogens is 2. The summed E-state index contributed by atoms with van der Waals surface area (Å²) >= 11 is 0. The van der Waals surface area contributed by atoms with Gasteiger partial charge in [0.15, 0.2) is 0 Å². The van der Waals surface area contributed by atoms with E-state index in [9.17, 15) is 18.7 Å². The second kappa shape index (κ2) is 8.98. The zero-order valence-electron chi connectivity index (χ0n) is 13.0. The maximum Gasteiger partial charge on any atom is 0.387 e. The molecule has 1 atom stereocenters. The number of carbonyl (C=O) groups is 1. The SMILES string of the molecule is O=C(Cc1ccc(OC(F)F)cc1)NC(CCO)c1ccccc1.